The van der Waals surface area contributed by atoms with Gasteiger partial charge in [-0.1, -0.05) is 53.0 Å². The number of hydrogen-bond donors (Lipinski definition) is 1. The molecule has 0 aliphatic carbocycles. The van der Waals surface area contributed by atoms with Crippen molar-refractivity contribution in [3.05, 3.63) is 72.6 Å². The van der Waals surface area contributed by atoms with E-state index in [0.29, 0.717) is 41.5 Å². The highest BCUT2D eigenvalue weighted by molar-refractivity contribution is 9.10. The van der Waals surface area contributed by atoms with Gasteiger partial charge in [-0.15, -0.1) is 0 Å². The van der Waals surface area contributed by atoms with Crippen molar-refractivity contribution in [1.82, 2.24) is 10.2 Å². The lowest BCUT2D eigenvalue weighted by Gasteiger charge is -2.31. The van der Waals surface area contributed by atoms with Crippen LogP contribution in [0.15, 0.2) is 40.9 Å². The molecule has 0 saturated carbocycles. The van der Waals surface area contributed by atoms with Gasteiger partial charge >= 0.3 is 6.18 Å². The number of allylic oxidation sites excluding steroid dienone is 1. The highest BCUT2D eigenvalue weighted by Crippen LogP contribution is 2.41. The molecule has 1 heterocycles. The molecule has 1 unspecified atom stereocenters. The van der Waals surface area contributed by atoms with Crippen LogP contribution in [0.3, 0.4) is 0 Å². The van der Waals surface area contributed by atoms with Gasteiger partial charge in [0.2, 0.25) is 5.91 Å². The van der Waals surface area contributed by atoms with Crippen LogP contribution in [0.2, 0.25) is 15.1 Å². The minimum absolute atomic E-state index is 0.0100. The van der Waals surface area contributed by atoms with Crippen LogP contribution in [-0.4, -0.2) is 42.0 Å². The third-order valence-corrected chi connectivity index (χ3v) is 7.57. The predicted molar refractivity (Wildman–Crippen MR) is 136 cm³/mol. The topological polar surface area (TPSA) is 49.4 Å². The van der Waals surface area contributed by atoms with Crippen molar-refractivity contribution < 1.29 is 22.8 Å². The normalized spacial score (nSPS) is 15.9. The fourth-order valence-electron chi connectivity index (χ4n) is 3.79. The van der Waals surface area contributed by atoms with Gasteiger partial charge < -0.3 is 10.2 Å². The van der Waals surface area contributed by atoms with E-state index in [1.54, 1.807) is 23.1 Å². The zero-order valence-electron chi connectivity index (χ0n) is 18.4. The third-order valence-electron chi connectivity index (χ3n) is 5.71. The molecule has 1 N–H and O–H groups in total. The lowest BCUT2D eigenvalue weighted by Crippen LogP contribution is -2.46. The smallest absolute Gasteiger partial charge is 0.349 e. The number of carbonyl (C=O) groups excluding carboxylic acids is 2. The number of nitrogens with zero attached hydrogens (tertiary/aromatic N) is 1. The molecule has 2 aromatic rings. The number of hydrogen-bond acceptors (Lipinski definition) is 2. The summed E-state index contributed by atoms with van der Waals surface area (Å²) in [4.78, 5) is 25.9. The number of nitrogens with one attached hydrogen (secondary N) is 1. The summed E-state index contributed by atoms with van der Waals surface area (Å²) in [5, 5.41) is 2.81. The second-order valence-electron chi connectivity index (χ2n) is 8.17. The van der Waals surface area contributed by atoms with Crippen LogP contribution >= 0.6 is 50.7 Å². The van der Waals surface area contributed by atoms with Crippen LogP contribution in [0.4, 0.5) is 13.2 Å². The van der Waals surface area contributed by atoms with E-state index in [-0.39, 0.29) is 38.5 Å². The molecular formula is C24H21BrCl3F3N2O2. The number of carbonyl (C=O) groups is 2. The van der Waals surface area contributed by atoms with Crippen molar-refractivity contribution in [1.29, 1.82) is 0 Å². The Balaban J connectivity index is 1.74. The largest absolute Gasteiger partial charge is 0.399 e. The Labute approximate surface area is 224 Å². The highest BCUT2D eigenvalue weighted by Gasteiger charge is 2.39. The Morgan fingerprint density at radius 2 is 1.71 bits per heavy atom. The van der Waals surface area contributed by atoms with E-state index < -0.39 is 12.1 Å². The summed E-state index contributed by atoms with van der Waals surface area (Å²) < 4.78 is 41.7. The van der Waals surface area contributed by atoms with E-state index in [9.17, 15) is 22.8 Å². The van der Waals surface area contributed by atoms with Gasteiger partial charge in [-0.05, 0) is 64.2 Å². The minimum atomic E-state index is -4.59. The Hall–Kier alpha value is -1.74. The van der Waals surface area contributed by atoms with Gasteiger partial charge in [0, 0.05) is 30.5 Å². The van der Waals surface area contributed by atoms with Crippen molar-refractivity contribution in [3.8, 4) is 0 Å². The third kappa shape index (κ3) is 7.15. The zero-order valence-corrected chi connectivity index (χ0v) is 22.3. The van der Waals surface area contributed by atoms with Crippen LogP contribution in [0.25, 0.3) is 6.08 Å². The van der Waals surface area contributed by atoms with E-state index in [1.165, 1.54) is 13.0 Å². The molecule has 1 aliphatic heterocycles. The fraction of sp³-hybridized carbons (Fsp3) is 0.333. The van der Waals surface area contributed by atoms with E-state index >= 15 is 0 Å². The van der Waals surface area contributed by atoms with E-state index in [2.05, 4.69) is 21.2 Å². The molecule has 1 fully saturated rings. The number of piperidine rings is 1. The lowest BCUT2D eigenvalue weighted by atomic mass is 9.97. The summed E-state index contributed by atoms with van der Waals surface area (Å²) in [6, 6.07) is 6.89. The van der Waals surface area contributed by atoms with Crippen molar-refractivity contribution in [2.45, 2.75) is 37.9 Å². The Morgan fingerprint density at radius 1 is 1.11 bits per heavy atom. The number of benzene rings is 2. The summed E-state index contributed by atoms with van der Waals surface area (Å²) in [7, 11) is 0. The van der Waals surface area contributed by atoms with Crippen LogP contribution in [0.1, 0.15) is 47.2 Å². The summed E-state index contributed by atoms with van der Waals surface area (Å²) in [6.07, 6.45) is -0.965. The average molecular weight is 613 g/mol. The maximum absolute atomic E-state index is 13.8. The molecule has 1 atom stereocenters. The van der Waals surface area contributed by atoms with Gasteiger partial charge in [0.05, 0.1) is 26.5 Å². The number of alkyl halides is 3. The zero-order chi connectivity index (χ0) is 25.9. The van der Waals surface area contributed by atoms with E-state index in [1.807, 2.05) is 0 Å². The molecule has 1 aliphatic rings. The number of rotatable bonds is 5. The molecule has 0 bridgehead atoms. The van der Waals surface area contributed by atoms with Crippen LogP contribution < -0.4 is 5.32 Å². The second-order valence-corrected chi connectivity index (χ2v) is 10.2. The number of halogens is 7. The van der Waals surface area contributed by atoms with Crippen LogP contribution in [-0.2, 0) is 4.79 Å². The van der Waals surface area contributed by atoms with Gasteiger partial charge in [0.15, 0.2) is 0 Å². The van der Waals surface area contributed by atoms with E-state index in [0.717, 1.165) is 18.2 Å². The van der Waals surface area contributed by atoms with Gasteiger partial charge in [-0.2, -0.15) is 13.2 Å². The highest BCUT2D eigenvalue weighted by atomic mass is 79.9. The number of likely N-dealkylation sites (tertiary alicyclic amines) is 1. The van der Waals surface area contributed by atoms with Crippen LogP contribution in [0.5, 0.6) is 0 Å². The second kappa shape index (κ2) is 11.5. The summed E-state index contributed by atoms with van der Waals surface area (Å²) in [6.45, 7) is 2.67. The fourth-order valence-corrected chi connectivity index (χ4v) is 4.98. The summed E-state index contributed by atoms with van der Waals surface area (Å²) >= 11 is 21.0. The quantitative estimate of drug-likeness (QED) is 0.356. The molecule has 188 valence electrons. The summed E-state index contributed by atoms with van der Waals surface area (Å²) in [5.41, 5.74) is 0.683. The first-order valence-electron chi connectivity index (χ1n) is 10.6. The maximum Gasteiger partial charge on any atom is 0.399 e. The van der Waals surface area contributed by atoms with Crippen molar-refractivity contribution in [3.63, 3.8) is 0 Å². The van der Waals surface area contributed by atoms with Crippen molar-refractivity contribution in [2.75, 3.05) is 13.1 Å². The molecule has 11 heteroatoms. The lowest BCUT2D eigenvalue weighted by molar-refractivity contribution is -0.139. The molecule has 0 spiro atoms. The average Bonchev–Trinajstić information content (AvgIpc) is 2.77. The van der Waals surface area contributed by atoms with Gasteiger partial charge in [0.25, 0.3) is 5.91 Å². The minimum Gasteiger partial charge on any atom is -0.349 e. The molecule has 3 rings (SSSR count). The molecule has 0 aromatic heterocycles. The molecule has 4 nitrogen and oxygen atoms in total. The summed E-state index contributed by atoms with van der Waals surface area (Å²) in [5.74, 6) is -2.25. The Bertz CT molecular complexity index is 1130. The Kier molecular flexibility index (Phi) is 9.18. The first-order valence-corrected chi connectivity index (χ1v) is 12.5. The van der Waals surface area contributed by atoms with Gasteiger partial charge in [-0.3, -0.25) is 9.59 Å². The van der Waals surface area contributed by atoms with Gasteiger partial charge in [0.1, 0.15) is 0 Å². The monoisotopic (exact) mass is 610 g/mol. The van der Waals surface area contributed by atoms with Crippen molar-refractivity contribution in [2.24, 2.45) is 0 Å². The SMILES string of the molecule is CC(=O)N1CCC(NC(=O)c2ccc(/C=C/C(c3cc(Cl)c(Cl)c(Cl)c3)C(F)(F)F)cc2Br)CC1. The first kappa shape index (κ1) is 27.8. The molecule has 2 amide bonds. The van der Waals surface area contributed by atoms with Crippen LogP contribution in [0, 0.1) is 0 Å². The van der Waals surface area contributed by atoms with E-state index in [4.69, 9.17) is 34.8 Å². The van der Waals surface area contributed by atoms with Gasteiger partial charge in [-0.25, -0.2) is 0 Å². The van der Waals surface area contributed by atoms with Crippen molar-refractivity contribution >= 4 is 68.6 Å². The molecule has 0 radical (unpaired) electrons. The first-order chi connectivity index (χ1) is 16.4. The standard InChI is InChI=1S/C24H21BrCl3F3N2O2/c1-13(34)33-8-6-16(7-9-33)32-23(35)17-4-2-14(10-19(17)25)3-5-18(24(29,30)31)15-11-20(26)22(28)21(27)12-15/h2-5,10-12,16,18H,6-9H2,1H3,(H,32,35)/b5-3+. The predicted octanol–water partition coefficient (Wildman–Crippen LogP) is 7.51. The maximum atomic E-state index is 13.8. The number of amides is 2. The molecule has 2 aromatic carbocycles. The molecular weight excluding hydrogens is 592 g/mol. The molecule has 35 heavy (non-hydrogen) atoms. The Morgan fingerprint density at radius 3 is 2.23 bits per heavy atom. The molecule has 1 saturated heterocycles.